The highest BCUT2D eigenvalue weighted by molar-refractivity contribution is 5.85. The Labute approximate surface area is 151 Å². The van der Waals surface area contributed by atoms with Gasteiger partial charge in [0.05, 0.1) is 12.6 Å². The summed E-state index contributed by atoms with van der Waals surface area (Å²) in [4.78, 5) is 30.2. The van der Waals surface area contributed by atoms with E-state index in [4.69, 9.17) is 5.73 Å². The van der Waals surface area contributed by atoms with Gasteiger partial charge >= 0.3 is 0 Å². The molecule has 0 aromatic heterocycles. The minimum absolute atomic E-state index is 0. The summed E-state index contributed by atoms with van der Waals surface area (Å²) in [6.07, 6.45) is 3.93. The Morgan fingerprint density at radius 2 is 1.52 bits per heavy atom. The number of amides is 2. The largest absolute Gasteiger partial charge is 0.342 e. The molecule has 2 aliphatic rings. The van der Waals surface area contributed by atoms with Gasteiger partial charge in [-0.2, -0.15) is 0 Å². The lowest BCUT2D eigenvalue weighted by Crippen LogP contribution is -2.54. The first-order chi connectivity index (χ1) is 10.1. The number of nitrogens with two attached hydrogens (primary N) is 1. The van der Waals surface area contributed by atoms with Gasteiger partial charge in [-0.3, -0.25) is 14.5 Å². The maximum Gasteiger partial charge on any atom is 0.239 e. The Balaban J connectivity index is 0.00000242. The van der Waals surface area contributed by atoms with Gasteiger partial charge in [0.1, 0.15) is 0 Å². The van der Waals surface area contributed by atoms with E-state index < -0.39 is 0 Å². The van der Waals surface area contributed by atoms with Gasteiger partial charge in [-0.25, -0.2) is 0 Å². The molecule has 6 nitrogen and oxygen atoms in total. The molecule has 2 saturated heterocycles. The Morgan fingerprint density at radius 3 is 2.04 bits per heavy atom. The summed E-state index contributed by atoms with van der Waals surface area (Å²) >= 11 is 0. The second kappa shape index (κ2) is 11.1. The van der Waals surface area contributed by atoms with Gasteiger partial charge in [0.25, 0.3) is 0 Å². The smallest absolute Gasteiger partial charge is 0.239 e. The minimum atomic E-state index is -0.368. The number of nitrogens with zero attached hydrogens (tertiary/aromatic N) is 3. The molecule has 23 heavy (non-hydrogen) atoms. The summed E-state index contributed by atoms with van der Waals surface area (Å²) in [5.41, 5.74) is 5.89. The molecule has 1 unspecified atom stereocenters. The van der Waals surface area contributed by atoms with Crippen molar-refractivity contribution in [3.05, 3.63) is 0 Å². The number of hydrogen-bond donors (Lipinski definition) is 1. The van der Waals surface area contributed by atoms with Crippen molar-refractivity contribution >= 4 is 36.6 Å². The van der Waals surface area contributed by atoms with Crippen LogP contribution in [0.2, 0.25) is 0 Å². The van der Waals surface area contributed by atoms with E-state index >= 15 is 0 Å². The molecule has 2 rings (SSSR count). The van der Waals surface area contributed by atoms with E-state index in [-0.39, 0.29) is 42.7 Å². The first kappa shape index (κ1) is 22.4. The van der Waals surface area contributed by atoms with Gasteiger partial charge in [-0.15, -0.1) is 24.8 Å². The van der Waals surface area contributed by atoms with E-state index in [2.05, 4.69) is 4.90 Å². The number of carbonyl (C=O) groups is 2. The van der Waals surface area contributed by atoms with Crippen LogP contribution >= 0.6 is 24.8 Å². The van der Waals surface area contributed by atoms with Gasteiger partial charge in [-0.05, 0) is 19.3 Å². The molecule has 2 heterocycles. The first-order valence-electron chi connectivity index (χ1n) is 8.16. The van der Waals surface area contributed by atoms with Gasteiger partial charge in [0.15, 0.2) is 0 Å². The lowest BCUT2D eigenvalue weighted by Gasteiger charge is -2.36. The molecule has 2 N–H and O–H groups in total. The van der Waals surface area contributed by atoms with Crippen molar-refractivity contribution in [1.29, 1.82) is 0 Å². The van der Waals surface area contributed by atoms with E-state index in [1.54, 1.807) is 0 Å². The second-order valence-corrected chi connectivity index (χ2v) is 6.08. The molecule has 1 atom stereocenters. The van der Waals surface area contributed by atoms with E-state index in [0.29, 0.717) is 19.6 Å². The van der Waals surface area contributed by atoms with Crippen molar-refractivity contribution < 1.29 is 9.59 Å². The molecule has 2 fully saturated rings. The molecule has 0 radical (unpaired) electrons. The molecule has 2 aliphatic heterocycles. The Bertz CT molecular complexity index is 370. The van der Waals surface area contributed by atoms with Gasteiger partial charge in [0, 0.05) is 39.3 Å². The van der Waals surface area contributed by atoms with Crippen LogP contribution in [0.4, 0.5) is 0 Å². The molecule has 0 bridgehead atoms. The Morgan fingerprint density at radius 1 is 0.957 bits per heavy atom. The zero-order valence-electron chi connectivity index (χ0n) is 13.9. The molecule has 0 aromatic rings. The maximum absolute atomic E-state index is 12.1. The van der Waals surface area contributed by atoms with Crippen LogP contribution in [-0.2, 0) is 9.59 Å². The van der Waals surface area contributed by atoms with E-state index in [1.807, 2.05) is 16.7 Å². The Hall–Kier alpha value is -0.560. The van der Waals surface area contributed by atoms with Crippen LogP contribution in [-0.4, -0.2) is 78.4 Å². The third-order valence-corrected chi connectivity index (χ3v) is 4.42. The summed E-state index contributed by atoms with van der Waals surface area (Å²) in [6, 6.07) is -0.368. The van der Waals surface area contributed by atoms with Crippen molar-refractivity contribution in [2.24, 2.45) is 5.73 Å². The fraction of sp³-hybridized carbons (Fsp3) is 0.867. The van der Waals surface area contributed by atoms with Crippen LogP contribution < -0.4 is 5.73 Å². The maximum atomic E-state index is 12.1. The zero-order chi connectivity index (χ0) is 15.2. The van der Waals surface area contributed by atoms with Gasteiger partial charge in [-0.1, -0.05) is 13.3 Å². The number of likely N-dealkylation sites (tertiary alicyclic amines) is 1. The molecule has 0 spiro atoms. The summed E-state index contributed by atoms with van der Waals surface area (Å²) in [5.74, 6) is 0.289. The molecular weight excluding hydrogens is 339 g/mol. The van der Waals surface area contributed by atoms with E-state index in [0.717, 1.165) is 51.9 Å². The van der Waals surface area contributed by atoms with Crippen molar-refractivity contribution in [2.45, 2.75) is 38.6 Å². The normalized spacial score (nSPS) is 19.7. The average molecular weight is 369 g/mol. The summed E-state index contributed by atoms with van der Waals surface area (Å²) in [5, 5.41) is 0. The lowest BCUT2D eigenvalue weighted by molar-refractivity contribution is -0.135. The number of rotatable bonds is 5. The predicted molar refractivity (Wildman–Crippen MR) is 96.2 cm³/mol. The zero-order valence-corrected chi connectivity index (χ0v) is 15.5. The van der Waals surface area contributed by atoms with Crippen LogP contribution in [0.3, 0.4) is 0 Å². The number of carbonyl (C=O) groups excluding carboxylic acids is 2. The number of hydrogen-bond acceptors (Lipinski definition) is 4. The first-order valence-corrected chi connectivity index (χ1v) is 8.16. The number of halogens is 2. The molecule has 0 saturated carbocycles. The minimum Gasteiger partial charge on any atom is -0.342 e. The highest BCUT2D eigenvalue weighted by Gasteiger charge is 2.27. The topological polar surface area (TPSA) is 69.9 Å². The summed E-state index contributed by atoms with van der Waals surface area (Å²) in [7, 11) is 0. The second-order valence-electron chi connectivity index (χ2n) is 6.08. The van der Waals surface area contributed by atoms with Gasteiger partial charge in [0.2, 0.25) is 11.8 Å². The van der Waals surface area contributed by atoms with Crippen LogP contribution in [0.1, 0.15) is 32.6 Å². The quantitative estimate of drug-likeness (QED) is 0.776. The highest BCUT2D eigenvalue weighted by Crippen LogP contribution is 2.10. The molecule has 8 heteroatoms. The van der Waals surface area contributed by atoms with E-state index in [1.165, 1.54) is 0 Å². The van der Waals surface area contributed by atoms with Crippen LogP contribution in [0.15, 0.2) is 0 Å². The van der Waals surface area contributed by atoms with Crippen molar-refractivity contribution in [3.63, 3.8) is 0 Å². The third-order valence-electron chi connectivity index (χ3n) is 4.42. The third kappa shape index (κ3) is 6.45. The van der Waals surface area contributed by atoms with Crippen LogP contribution in [0.25, 0.3) is 0 Å². The monoisotopic (exact) mass is 368 g/mol. The highest BCUT2D eigenvalue weighted by atomic mass is 35.5. The fourth-order valence-electron chi connectivity index (χ4n) is 3.05. The Kier molecular flexibility index (Phi) is 10.8. The van der Waals surface area contributed by atoms with E-state index in [9.17, 15) is 9.59 Å². The molecule has 136 valence electrons. The SMILES string of the molecule is CCCC(N)C(=O)N1CCN(CC(=O)N2CCCC2)CC1.Cl.Cl. The predicted octanol–water partition coefficient (Wildman–Crippen LogP) is 0.724. The van der Waals surface area contributed by atoms with Crippen molar-refractivity contribution in [2.75, 3.05) is 45.8 Å². The lowest BCUT2D eigenvalue weighted by atomic mass is 10.1. The van der Waals surface area contributed by atoms with Crippen LogP contribution in [0.5, 0.6) is 0 Å². The van der Waals surface area contributed by atoms with Crippen molar-refractivity contribution in [3.8, 4) is 0 Å². The number of piperazine rings is 1. The summed E-state index contributed by atoms with van der Waals surface area (Å²) in [6.45, 7) is 7.24. The van der Waals surface area contributed by atoms with Crippen molar-refractivity contribution in [1.82, 2.24) is 14.7 Å². The van der Waals surface area contributed by atoms with Crippen LogP contribution in [0, 0.1) is 0 Å². The standard InChI is InChI=1S/C15H28N4O2.2ClH/c1-2-5-13(16)15(21)19-10-8-17(9-11-19)12-14(20)18-6-3-4-7-18;;/h13H,2-12,16H2,1H3;2*1H. The molecular formula is C15H30Cl2N4O2. The summed E-state index contributed by atoms with van der Waals surface area (Å²) < 4.78 is 0. The molecule has 2 amide bonds. The van der Waals surface area contributed by atoms with Gasteiger partial charge < -0.3 is 15.5 Å². The average Bonchev–Trinajstić information content (AvgIpc) is 3.02. The fourth-order valence-corrected chi connectivity index (χ4v) is 3.05. The molecule has 0 aliphatic carbocycles. The molecule has 0 aromatic carbocycles.